The van der Waals surface area contributed by atoms with Gasteiger partial charge in [-0.15, -0.1) is 0 Å². The summed E-state index contributed by atoms with van der Waals surface area (Å²) in [7, 11) is 0. The van der Waals surface area contributed by atoms with E-state index in [9.17, 15) is 23.7 Å². The van der Waals surface area contributed by atoms with Crippen LogP contribution in [0.4, 0.5) is 20.2 Å². The molecule has 0 saturated heterocycles. The van der Waals surface area contributed by atoms with Gasteiger partial charge in [-0.2, -0.15) is 0 Å². The molecule has 0 spiro atoms. The van der Waals surface area contributed by atoms with Crippen LogP contribution in [0.1, 0.15) is 0 Å². The normalized spacial score (nSPS) is 10.2. The van der Waals surface area contributed by atoms with Crippen LogP contribution in [0.15, 0.2) is 36.4 Å². The molecule has 0 fully saturated rings. The summed E-state index contributed by atoms with van der Waals surface area (Å²) in [5.41, 5.74) is -0.587. The number of hydrogen-bond donors (Lipinski definition) is 1. The molecule has 0 aliphatic carbocycles. The number of ether oxygens (including phenoxy) is 1. The minimum atomic E-state index is -0.985. The molecule has 1 N–H and O–H groups in total. The first-order valence-electron chi connectivity index (χ1n) is 6.18. The van der Waals surface area contributed by atoms with Crippen LogP contribution in [0.3, 0.4) is 0 Å². The van der Waals surface area contributed by atoms with Crippen LogP contribution in [0.25, 0.3) is 0 Å². The molecular formula is C14H9ClF2N2O4. The predicted molar refractivity (Wildman–Crippen MR) is 78.6 cm³/mol. The quantitative estimate of drug-likeness (QED) is 0.665. The van der Waals surface area contributed by atoms with E-state index < -0.39 is 34.8 Å². The number of hydrogen-bond acceptors (Lipinski definition) is 4. The van der Waals surface area contributed by atoms with E-state index in [1.807, 2.05) is 0 Å². The molecule has 1 amide bonds. The number of nitrogens with one attached hydrogen (secondary N) is 1. The first-order valence-corrected chi connectivity index (χ1v) is 6.56. The highest BCUT2D eigenvalue weighted by atomic mass is 35.5. The molecular weight excluding hydrogens is 334 g/mol. The predicted octanol–water partition coefficient (Wildman–Crippen LogP) is 3.54. The molecule has 0 bridgehead atoms. The molecule has 0 atom stereocenters. The van der Waals surface area contributed by atoms with Crippen molar-refractivity contribution in [2.45, 2.75) is 0 Å². The van der Waals surface area contributed by atoms with Gasteiger partial charge in [-0.1, -0.05) is 11.6 Å². The monoisotopic (exact) mass is 342 g/mol. The molecule has 0 unspecified atom stereocenters. The van der Waals surface area contributed by atoms with Gasteiger partial charge in [0.05, 0.1) is 16.7 Å². The maximum atomic E-state index is 13.6. The molecule has 0 aliphatic heterocycles. The minimum absolute atomic E-state index is 0.143. The van der Waals surface area contributed by atoms with Crippen molar-refractivity contribution < 1.29 is 23.2 Å². The van der Waals surface area contributed by atoms with E-state index in [0.29, 0.717) is 6.07 Å². The maximum Gasteiger partial charge on any atom is 0.272 e. The van der Waals surface area contributed by atoms with Gasteiger partial charge in [0.25, 0.3) is 11.6 Å². The highest BCUT2D eigenvalue weighted by molar-refractivity contribution is 6.30. The van der Waals surface area contributed by atoms with E-state index in [2.05, 4.69) is 5.32 Å². The summed E-state index contributed by atoms with van der Waals surface area (Å²) in [5, 5.41) is 12.9. The Balaban J connectivity index is 1.99. The van der Waals surface area contributed by atoms with Crippen LogP contribution in [0.2, 0.25) is 5.02 Å². The second kappa shape index (κ2) is 7.01. The molecule has 120 valence electrons. The van der Waals surface area contributed by atoms with E-state index >= 15 is 0 Å². The average molecular weight is 343 g/mol. The van der Waals surface area contributed by atoms with Gasteiger partial charge >= 0.3 is 0 Å². The van der Waals surface area contributed by atoms with Crippen molar-refractivity contribution in [3.8, 4) is 5.75 Å². The zero-order valence-electron chi connectivity index (χ0n) is 11.4. The number of nitro benzene ring substituents is 1. The highest BCUT2D eigenvalue weighted by Gasteiger charge is 2.13. The Hall–Kier alpha value is -2.74. The van der Waals surface area contributed by atoms with E-state index in [0.717, 1.165) is 18.2 Å². The van der Waals surface area contributed by atoms with Gasteiger partial charge in [-0.05, 0) is 24.3 Å². The fourth-order valence-corrected chi connectivity index (χ4v) is 1.82. The first kappa shape index (κ1) is 16.6. The highest BCUT2D eigenvalue weighted by Crippen LogP contribution is 2.23. The van der Waals surface area contributed by atoms with Crippen molar-refractivity contribution in [2.24, 2.45) is 0 Å². The largest absolute Gasteiger partial charge is 0.481 e. The summed E-state index contributed by atoms with van der Waals surface area (Å²) < 4.78 is 31.9. The Kier molecular flexibility index (Phi) is 5.07. The second-order valence-electron chi connectivity index (χ2n) is 4.33. The van der Waals surface area contributed by atoms with Crippen molar-refractivity contribution in [3.05, 3.63) is 63.2 Å². The van der Waals surface area contributed by atoms with E-state index in [-0.39, 0.29) is 16.5 Å². The minimum Gasteiger partial charge on any atom is -0.481 e. The number of anilines is 1. The summed E-state index contributed by atoms with van der Waals surface area (Å²) in [4.78, 5) is 21.4. The Bertz CT molecular complexity index is 770. The molecule has 2 aromatic rings. The van der Waals surface area contributed by atoms with Crippen molar-refractivity contribution in [3.63, 3.8) is 0 Å². The van der Waals surface area contributed by atoms with Gasteiger partial charge in [0.15, 0.2) is 18.2 Å². The number of nitro groups is 1. The fraction of sp³-hybridized carbons (Fsp3) is 0.0714. The van der Waals surface area contributed by atoms with Crippen LogP contribution in [-0.2, 0) is 4.79 Å². The van der Waals surface area contributed by atoms with E-state index in [1.165, 1.54) is 12.1 Å². The molecule has 9 heteroatoms. The summed E-state index contributed by atoms with van der Waals surface area (Å²) in [5.74, 6) is -2.76. The van der Waals surface area contributed by atoms with Crippen LogP contribution in [0, 0.1) is 21.7 Å². The topological polar surface area (TPSA) is 81.5 Å². The van der Waals surface area contributed by atoms with Crippen molar-refractivity contribution in [1.82, 2.24) is 0 Å². The van der Waals surface area contributed by atoms with E-state index in [4.69, 9.17) is 16.3 Å². The summed E-state index contributed by atoms with van der Waals surface area (Å²) in [6, 6.07) is 6.34. The van der Waals surface area contributed by atoms with Crippen molar-refractivity contribution in [1.29, 1.82) is 0 Å². The lowest BCUT2D eigenvalue weighted by Gasteiger charge is -2.09. The van der Waals surface area contributed by atoms with Gasteiger partial charge in [0.1, 0.15) is 5.82 Å². The molecule has 6 nitrogen and oxygen atoms in total. The molecule has 0 aromatic heterocycles. The van der Waals surface area contributed by atoms with Gasteiger partial charge in [0, 0.05) is 11.1 Å². The second-order valence-corrected chi connectivity index (χ2v) is 4.77. The average Bonchev–Trinajstić information content (AvgIpc) is 2.49. The van der Waals surface area contributed by atoms with Gasteiger partial charge in [-0.25, -0.2) is 8.78 Å². The van der Waals surface area contributed by atoms with Gasteiger partial charge < -0.3 is 10.1 Å². The molecule has 2 aromatic carbocycles. The standard InChI is InChI=1S/C14H9ClF2N2O4/c15-8-1-3-10(16)12(5-8)18-14(20)7-23-13-4-2-9(19(21)22)6-11(13)17/h1-6H,7H2,(H,18,20). The van der Waals surface area contributed by atoms with Gasteiger partial charge in [0.2, 0.25) is 0 Å². The van der Waals surface area contributed by atoms with Crippen molar-refractivity contribution >= 4 is 28.9 Å². The SMILES string of the molecule is O=C(COc1ccc([N+](=O)[O-])cc1F)Nc1cc(Cl)ccc1F. The molecule has 0 heterocycles. The third-order valence-electron chi connectivity index (χ3n) is 2.69. The lowest BCUT2D eigenvalue weighted by Crippen LogP contribution is -2.21. The number of nitrogens with zero attached hydrogens (tertiary/aromatic N) is 1. The number of benzene rings is 2. The maximum absolute atomic E-state index is 13.6. The number of carbonyl (C=O) groups excluding carboxylic acids is 1. The van der Waals surface area contributed by atoms with Crippen LogP contribution in [-0.4, -0.2) is 17.4 Å². The van der Waals surface area contributed by atoms with Crippen LogP contribution in [0.5, 0.6) is 5.75 Å². The number of non-ortho nitro benzene ring substituents is 1. The van der Waals surface area contributed by atoms with Crippen molar-refractivity contribution in [2.75, 3.05) is 11.9 Å². The summed E-state index contributed by atoms with van der Waals surface area (Å²) in [6.07, 6.45) is 0. The van der Waals surface area contributed by atoms with Crippen LogP contribution >= 0.6 is 11.6 Å². The lowest BCUT2D eigenvalue weighted by molar-refractivity contribution is -0.385. The van der Waals surface area contributed by atoms with E-state index in [1.54, 1.807) is 0 Å². The first-order chi connectivity index (χ1) is 10.9. The summed E-state index contributed by atoms with van der Waals surface area (Å²) >= 11 is 5.68. The number of carbonyl (C=O) groups is 1. The summed E-state index contributed by atoms with van der Waals surface area (Å²) in [6.45, 7) is -0.610. The Morgan fingerprint density at radius 2 is 1.96 bits per heavy atom. The fourth-order valence-electron chi connectivity index (χ4n) is 1.64. The number of amides is 1. The Labute approximate surface area is 133 Å². The molecule has 23 heavy (non-hydrogen) atoms. The zero-order chi connectivity index (χ0) is 17.0. The Morgan fingerprint density at radius 1 is 1.22 bits per heavy atom. The lowest BCUT2D eigenvalue weighted by atomic mass is 10.3. The smallest absolute Gasteiger partial charge is 0.272 e. The van der Waals surface area contributed by atoms with Gasteiger partial charge in [-0.3, -0.25) is 14.9 Å². The zero-order valence-corrected chi connectivity index (χ0v) is 12.1. The number of rotatable bonds is 5. The molecule has 2 rings (SSSR count). The van der Waals surface area contributed by atoms with Crippen LogP contribution < -0.4 is 10.1 Å². The molecule has 0 aliphatic rings. The molecule has 0 radical (unpaired) electrons. The third kappa shape index (κ3) is 4.36. The third-order valence-corrected chi connectivity index (χ3v) is 2.92. The number of halogens is 3. The Morgan fingerprint density at radius 3 is 2.61 bits per heavy atom. The molecule has 0 saturated carbocycles.